The van der Waals surface area contributed by atoms with Crippen molar-refractivity contribution in [2.75, 3.05) is 16.0 Å². The van der Waals surface area contributed by atoms with Gasteiger partial charge in [-0.1, -0.05) is 159 Å². The number of nitrogens with zero attached hydrogens (tertiary/aromatic N) is 5. The highest BCUT2D eigenvalue weighted by atomic mass is 15.3. The van der Waals surface area contributed by atoms with Crippen LogP contribution in [-0.4, -0.2) is 27.2 Å². The minimum absolute atomic E-state index is 0.273. The Morgan fingerprint density at radius 1 is 0.641 bits per heavy atom. The lowest BCUT2D eigenvalue weighted by Crippen LogP contribution is -2.42. The van der Waals surface area contributed by atoms with Gasteiger partial charge >= 0.3 is 0 Å². The van der Waals surface area contributed by atoms with Crippen LogP contribution in [0.1, 0.15) is 37.3 Å². The molecule has 8 aromatic rings. The lowest BCUT2D eigenvalue weighted by Gasteiger charge is -2.34. The molecular formula is C57H45N7. The van der Waals surface area contributed by atoms with E-state index in [1.807, 2.05) is 66.7 Å². The Kier molecular flexibility index (Phi) is 9.90. The second-order valence-corrected chi connectivity index (χ2v) is 16.8. The number of para-hydroxylation sites is 2. The van der Waals surface area contributed by atoms with Crippen molar-refractivity contribution in [2.24, 2.45) is 5.92 Å². The second kappa shape index (κ2) is 16.3. The van der Waals surface area contributed by atoms with Crippen molar-refractivity contribution in [3.63, 3.8) is 0 Å². The molecule has 3 N–H and O–H groups in total. The summed E-state index contributed by atoms with van der Waals surface area (Å²) >= 11 is 0. The summed E-state index contributed by atoms with van der Waals surface area (Å²) in [4.78, 5) is 17.9. The van der Waals surface area contributed by atoms with Gasteiger partial charge in [0.15, 0.2) is 17.5 Å². The molecule has 1 aromatic heterocycles. The average Bonchev–Trinajstić information content (AvgIpc) is 3.75. The lowest BCUT2D eigenvalue weighted by molar-refractivity contribution is 0.590. The maximum Gasteiger partial charge on any atom is 0.164 e. The Morgan fingerprint density at radius 3 is 1.97 bits per heavy atom. The van der Waals surface area contributed by atoms with Gasteiger partial charge in [0.2, 0.25) is 0 Å². The van der Waals surface area contributed by atoms with Gasteiger partial charge < -0.3 is 16.0 Å². The van der Waals surface area contributed by atoms with E-state index in [4.69, 9.17) is 20.7 Å². The number of nitrogens with two attached hydrogens (primary N) is 1. The molecule has 7 nitrogen and oxygen atoms in total. The Balaban J connectivity index is 0.887. The average molecular weight is 828 g/mol. The van der Waals surface area contributed by atoms with Gasteiger partial charge in [0.1, 0.15) is 0 Å². The van der Waals surface area contributed by atoms with Gasteiger partial charge in [0.25, 0.3) is 0 Å². The fourth-order valence-corrected chi connectivity index (χ4v) is 9.73. The van der Waals surface area contributed by atoms with Crippen LogP contribution in [0.5, 0.6) is 0 Å². The first-order valence-electron chi connectivity index (χ1n) is 22.1. The van der Waals surface area contributed by atoms with E-state index < -0.39 is 0 Å². The van der Waals surface area contributed by atoms with Crippen molar-refractivity contribution in [1.82, 2.24) is 15.0 Å². The van der Waals surface area contributed by atoms with Crippen molar-refractivity contribution >= 4 is 44.2 Å². The van der Waals surface area contributed by atoms with Crippen molar-refractivity contribution in [2.45, 2.75) is 38.4 Å². The predicted octanol–water partition coefficient (Wildman–Crippen LogP) is 13.2. The van der Waals surface area contributed by atoms with Crippen LogP contribution >= 0.6 is 0 Å². The molecule has 7 aromatic carbocycles. The molecule has 0 saturated carbocycles. The van der Waals surface area contributed by atoms with E-state index in [0.29, 0.717) is 40.9 Å². The van der Waals surface area contributed by atoms with Crippen molar-refractivity contribution in [3.05, 3.63) is 199 Å². The largest absolute Gasteiger partial charge is 0.398 e. The molecule has 0 radical (unpaired) electrons. The topological polar surface area (TPSA) is 104 Å². The van der Waals surface area contributed by atoms with Gasteiger partial charge in [-0.25, -0.2) is 15.0 Å². The number of nitriles is 1. The number of benzene rings is 7. The fraction of sp³-hybridized carbons (Fsp3) is 0.123. The zero-order chi connectivity index (χ0) is 43.1. The highest BCUT2D eigenvalue weighted by Gasteiger charge is 2.32. The molecule has 1 aliphatic heterocycles. The van der Waals surface area contributed by atoms with Crippen LogP contribution in [0.15, 0.2) is 188 Å². The summed E-state index contributed by atoms with van der Waals surface area (Å²) in [5, 5.41) is 18.6. The van der Waals surface area contributed by atoms with Gasteiger partial charge in [-0.3, -0.25) is 0 Å². The minimum Gasteiger partial charge on any atom is -0.398 e. The number of nitrogens with one attached hydrogen (secondary N) is 1. The monoisotopic (exact) mass is 827 g/mol. The molecule has 0 spiro atoms. The van der Waals surface area contributed by atoms with Crippen LogP contribution in [0.3, 0.4) is 0 Å². The number of rotatable bonds is 8. The van der Waals surface area contributed by atoms with E-state index >= 15 is 0 Å². The second-order valence-electron chi connectivity index (χ2n) is 16.8. The quantitative estimate of drug-likeness (QED) is 0.147. The van der Waals surface area contributed by atoms with Crippen molar-refractivity contribution in [3.8, 4) is 51.4 Å². The Hall–Kier alpha value is -8.08. The number of allylic oxidation sites excluding steroid dienone is 6. The molecule has 0 fully saturated rings. The number of hydrogen-bond acceptors (Lipinski definition) is 7. The van der Waals surface area contributed by atoms with Gasteiger partial charge in [0, 0.05) is 39.4 Å². The van der Waals surface area contributed by atoms with E-state index in [0.717, 1.165) is 79.8 Å². The van der Waals surface area contributed by atoms with E-state index in [9.17, 15) is 5.26 Å². The number of fused-ring (bicyclic) bond motifs is 3. The number of nitrogen functional groups attached to an aromatic ring is 1. The molecule has 308 valence electrons. The minimum atomic E-state index is 0.273. The third-order valence-corrected chi connectivity index (χ3v) is 13.0. The lowest BCUT2D eigenvalue weighted by atomic mass is 9.84. The summed E-state index contributed by atoms with van der Waals surface area (Å²) < 4.78 is 0. The van der Waals surface area contributed by atoms with Gasteiger partial charge in [-0.15, -0.1) is 0 Å². The number of anilines is 3. The number of hydrogen-bond donors (Lipinski definition) is 2. The molecular weight excluding hydrogens is 783 g/mol. The van der Waals surface area contributed by atoms with Crippen LogP contribution in [0, 0.1) is 17.2 Å². The molecule has 11 rings (SSSR count). The van der Waals surface area contributed by atoms with Crippen LogP contribution < -0.4 is 16.0 Å². The van der Waals surface area contributed by atoms with Crippen LogP contribution in [0.25, 0.3) is 72.4 Å². The first kappa shape index (κ1) is 38.8. The van der Waals surface area contributed by atoms with E-state index in [1.54, 1.807) is 0 Å². The summed E-state index contributed by atoms with van der Waals surface area (Å²) in [6.45, 7) is 2.24. The molecule has 64 heavy (non-hydrogen) atoms. The molecule has 7 heteroatoms. The zero-order valence-corrected chi connectivity index (χ0v) is 35.5. The summed E-state index contributed by atoms with van der Waals surface area (Å²) in [5.74, 6) is 2.01. The number of aromatic nitrogens is 3. The van der Waals surface area contributed by atoms with Crippen molar-refractivity contribution in [1.29, 1.82) is 5.26 Å². The highest BCUT2D eigenvalue weighted by molar-refractivity contribution is 5.98. The van der Waals surface area contributed by atoms with Crippen LogP contribution in [0.4, 0.5) is 17.1 Å². The zero-order valence-electron chi connectivity index (χ0n) is 35.5. The summed E-state index contributed by atoms with van der Waals surface area (Å²) in [6, 6.07) is 52.4. The first-order chi connectivity index (χ1) is 31.5. The standard InChI is InChI=1S/C57H45N7/c1-2-54-60-52-22-7-8-23-53(52)64(54)44-30-28-37(29-31-44)36-24-26-40(27-25-36)49-34-51(59)50(33-43(49)35-58)41-16-9-17-42(32-41)55-61-56(47-20-10-14-38-12-3-5-18-45(38)47)63-57(62-55)48-21-11-15-39-13-4-6-19-46(39)48/h3-24,26-30,32-34,36,44,54,60H,2,25,31,59H2,1H3. The SMILES string of the molecule is CCC1Nc2ccccc2N1C1C=CC(C2C=CC(c3cc(N)c(-c4cccc(-c5nc(-c6cccc7ccccc67)nc(-c6cccc7ccccc67)n5)c4)cc3C#N)=CC2)=CC1. The van der Waals surface area contributed by atoms with Crippen LogP contribution in [0.2, 0.25) is 0 Å². The maximum atomic E-state index is 10.5. The molecule has 0 saturated heterocycles. The highest BCUT2D eigenvalue weighted by Crippen LogP contribution is 2.41. The van der Waals surface area contributed by atoms with Gasteiger partial charge in [-0.2, -0.15) is 5.26 Å². The fourth-order valence-electron chi connectivity index (χ4n) is 9.73. The normalized spacial score (nSPS) is 17.8. The summed E-state index contributed by atoms with van der Waals surface area (Å²) in [7, 11) is 0. The van der Waals surface area contributed by atoms with E-state index in [1.165, 1.54) is 16.9 Å². The third-order valence-electron chi connectivity index (χ3n) is 13.0. The maximum absolute atomic E-state index is 10.5. The van der Waals surface area contributed by atoms with Gasteiger partial charge in [-0.05, 0) is 87.8 Å². The Bertz CT molecular complexity index is 3210. The molecule has 0 bridgehead atoms. The molecule has 2 heterocycles. The van der Waals surface area contributed by atoms with Crippen LogP contribution in [-0.2, 0) is 0 Å². The first-order valence-corrected chi connectivity index (χ1v) is 22.1. The van der Waals surface area contributed by atoms with E-state index in [2.05, 4.69) is 139 Å². The molecule has 3 atom stereocenters. The predicted molar refractivity (Wildman–Crippen MR) is 263 cm³/mol. The molecule has 3 aliphatic rings. The molecule has 2 aliphatic carbocycles. The summed E-state index contributed by atoms with van der Waals surface area (Å²) in [6.07, 6.45) is 16.9. The summed E-state index contributed by atoms with van der Waals surface area (Å²) in [5.41, 5.74) is 18.1. The van der Waals surface area contributed by atoms with Gasteiger partial charge in [0.05, 0.1) is 35.2 Å². The molecule has 0 amide bonds. The molecule has 3 unspecified atom stereocenters. The van der Waals surface area contributed by atoms with Crippen molar-refractivity contribution < 1.29 is 0 Å². The Morgan fingerprint density at radius 2 is 1.30 bits per heavy atom. The Labute approximate surface area is 373 Å². The third kappa shape index (κ3) is 7.00. The van der Waals surface area contributed by atoms with E-state index in [-0.39, 0.29) is 5.92 Å². The smallest absolute Gasteiger partial charge is 0.164 e.